The van der Waals surface area contributed by atoms with Crippen LogP contribution in [-0.2, 0) is 12.8 Å². The van der Waals surface area contributed by atoms with Gasteiger partial charge in [-0.2, -0.15) is 0 Å². The van der Waals surface area contributed by atoms with Gasteiger partial charge in [0.2, 0.25) is 0 Å². The number of hydrogen-bond donors (Lipinski definition) is 1. The van der Waals surface area contributed by atoms with Crippen LogP contribution in [0.25, 0.3) is 11.1 Å². The molecule has 0 fully saturated rings. The smallest absolute Gasteiger partial charge is 0.119 e. The van der Waals surface area contributed by atoms with Crippen molar-refractivity contribution in [3.05, 3.63) is 113 Å². The van der Waals surface area contributed by atoms with Crippen molar-refractivity contribution in [3.8, 4) is 5.75 Å². The molecule has 0 bridgehead atoms. The van der Waals surface area contributed by atoms with E-state index in [0.717, 1.165) is 59.6 Å². The van der Waals surface area contributed by atoms with Crippen molar-refractivity contribution < 1.29 is 4.74 Å². The maximum Gasteiger partial charge on any atom is 0.119 e. The number of hydrogen-bond acceptors (Lipinski definition) is 3. The van der Waals surface area contributed by atoms with E-state index in [2.05, 4.69) is 36.9 Å². The summed E-state index contributed by atoms with van der Waals surface area (Å²) in [4.78, 5) is 4.26. The average Bonchev–Trinajstić information content (AvgIpc) is 3.14. The zero-order valence-corrected chi connectivity index (χ0v) is 23.0. The van der Waals surface area contributed by atoms with E-state index in [1.807, 2.05) is 56.6 Å². The van der Waals surface area contributed by atoms with Crippen LogP contribution in [-0.4, -0.2) is 19.0 Å². The first-order chi connectivity index (χ1) is 17.9. The Balaban J connectivity index is 0.000000193. The lowest BCUT2D eigenvalue weighted by Crippen LogP contribution is -2.08. The van der Waals surface area contributed by atoms with E-state index in [1.54, 1.807) is 13.2 Å². The van der Waals surface area contributed by atoms with Gasteiger partial charge in [-0.25, -0.2) is 0 Å². The predicted octanol–water partition coefficient (Wildman–Crippen LogP) is 9.09. The number of aliphatic imine (C=N–C) groups is 1. The van der Waals surface area contributed by atoms with E-state index in [9.17, 15) is 0 Å². The van der Waals surface area contributed by atoms with Crippen molar-refractivity contribution in [1.82, 2.24) is 0 Å². The molecule has 0 aromatic heterocycles. The first-order valence-corrected chi connectivity index (χ1v) is 13.3. The number of halogens is 1. The summed E-state index contributed by atoms with van der Waals surface area (Å²) < 4.78 is 5.24. The Kier molecular flexibility index (Phi) is 10.0. The summed E-state index contributed by atoms with van der Waals surface area (Å²) in [6.07, 6.45) is 12.4. The SMILES string of the molecule is C=C/C=C1/CCc2cc(OC)ccc2C(=C)C1=N.C=C1c2ccc(Cl)cc2CCC2=CN=CCC12.CC. The molecular weight excluding hydrogens is 476 g/mol. The molecule has 5 rings (SSSR count). The van der Waals surface area contributed by atoms with Crippen LogP contribution in [0.2, 0.25) is 5.02 Å². The van der Waals surface area contributed by atoms with Gasteiger partial charge < -0.3 is 4.74 Å². The van der Waals surface area contributed by atoms with Crippen LogP contribution in [0.1, 0.15) is 55.4 Å². The van der Waals surface area contributed by atoms with Crippen LogP contribution < -0.4 is 4.74 Å². The molecule has 4 heteroatoms. The molecule has 3 nitrogen and oxygen atoms in total. The maximum absolute atomic E-state index is 8.18. The van der Waals surface area contributed by atoms with Crippen molar-refractivity contribution in [2.24, 2.45) is 10.9 Å². The maximum atomic E-state index is 8.18. The number of benzene rings is 2. The van der Waals surface area contributed by atoms with E-state index >= 15 is 0 Å². The summed E-state index contributed by atoms with van der Waals surface area (Å²) in [7, 11) is 1.67. The second-order valence-electron chi connectivity index (χ2n) is 8.95. The van der Waals surface area contributed by atoms with Gasteiger partial charge in [-0.05, 0) is 101 Å². The van der Waals surface area contributed by atoms with Crippen molar-refractivity contribution in [1.29, 1.82) is 5.41 Å². The minimum Gasteiger partial charge on any atom is -0.497 e. The van der Waals surface area contributed by atoms with Gasteiger partial charge in [0.25, 0.3) is 0 Å². The topological polar surface area (TPSA) is 45.4 Å². The van der Waals surface area contributed by atoms with E-state index in [0.29, 0.717) is 11.6 Å². The predicted molar refractivity (Wildman–Crippen MR) is 161 cm³/mol. The molecule has 0 saturated heterocycles. The molecule has 37 heavy (non-hydrogen) atoms. The Morgan fingerprint density at radius 3 is 2.43 bits per heavy atom. The number of rotatable bonds is 2. The molecule has 0 radical (unpaired) electrons. The monoisotopic (exact) mass is 512 g/mol. The molecular formula is C33H37ClN2O. The van der Waals surface area contributed by atoms with Crippen LogP contribution in [0.5, 0.6) is 5.75 Å². The van der Waals surface area contributed by atoms with Crippen molar-refractivity contribution in [2.45, 2.75) is 46.0 Å². The van der Waals surface area contributed by atoms with Crippen LogP contribution in [0.4, 0.5) is 0 Å². The molecule has 2 aromatic carbocycles. The van der Waals surface area contributed by atoms with E-state index < -0.39 is 0 Å². The highest BCUT2D eigenvalue weighted by Gasteiger charge is 2.25. The number of fused-ring (bicyclic) bond motifs is 3. The zero-order valence-electron chi connectivity index (χ0n) is 22.2. The first-order valence-electron chi connectivity index (χ1n) is 12.9. The molecule has 1 atom stereocenters. The number of ether oxygens (including phenoxy) is 1. The van der Waals surface area contributed by atoms with Crippen LogP contribution in [0.3, 0.4) is 0 Å². The highest BCUT2D eigenvalue weighted by Crippen LogP contribution is 2.39. The Bertz CT molecular complexity index is 1300. The van der Waals surface area contributed by atoms with Gasteiger partial charge in [-0.3, -0.25) is 10.4 Å². The molecule has 1 heterocycles. The summed E-state index contributed by atoms with van der Waals surface area (Å²) >= 11 is 6.06. The number of methoxy groups -OCH3 is 1. The summed E-state index contributed by atoms with van der Waals surface area (Å²) in [6, 6.07) is 12.1. The average molecular weight is 513 g/mol. The molecule has 3 aliphatic rings. The molecule has 0 amide bonds. The van der Waals surface area contributed by atoms with Gasteiger partial charge in [0, 0.05) is 23.4 Å². The number of aryl methyl sites for hydroxylation is 2. The third-order valence-corrected chi connectivity index (χ3v) is 7.13. The van der Waals surface area contributed by atoms with E-state index in [-0.39, 0.29) is 0 Å². The molecule has 2 aliphatic carbocycles. The van der Waals surface area contributed by atoms with Gasteiger partial charge in [-0.1, -0.05) is 69.5 Å². The van der Waals surface area contributed by atoms with Crippen LogP contribution in [0.15, 0.2) is 90.6 Å². The van der Waals surface area contributed by atoms with Crippen LogP contribution in [0, 0.1) is 11.3 Å². The minimum atomic E-state index is 0.440. The zero-order chi connectivity index (χ0) is 26.9. The molecule has 0 spiro atoms. The number of allylic oxidation sites excluding steroid dienone is 6. The van der Waals surface area contributed by atoms with Crippen molar-refractivity contribution >= 4 is 34.7 Å². The van der Waals surface area contributed by atoms with Gasteiger partial charge in [0.15, 0.2) is 0 Å². The lowest BCUT2D eigenvalue weighted by Gasteiger charge is -2.20. The molecule has 1 N–H and O–H groups in total. The summed E-state index contributed by atoms with van der Waals surface area (Å²) in [5.41, 5.74) is 9.74. The molecule has 2 aromatic rings. The Morgan fingerprint density at radius 2 is 1.70 bits per heavy atom. The Labute approximate surface area is 227 Å². The van der Waals surface area contributed by atoms with Gasteiger partial charge in [0.1, 0.15) is 5.75 Å². The van der Waals surface area contributed by atoms with Crippen molar-refractivity contribution in [3.63, 3.8) is 0 Å². The van der Waals surface area contributed by atoms with E-state index in [4.69, 9.17) is 21.7 Å². The first kappa shape index (κ1) is 28.1. The summed E-state index contributed by atoms with van der Waals surface area (Å²) in [5.74, 6) is 1.29. The summed E-state index contributed by atoms with van der Waals surface area (Å²) in [5, 5.41) is 8.99. The molecule has 192 valence electrons. The van der Waals surface area contributed by atoms with E-state index in [1.165, 1.54) is 27.8 Å². The lowest BCUT2D eigenvalue weighted by atomic mass is 9.85. The van der Waals surface area contributed by atoms with Gasteiger partial charge in [0.05, 0.1) is 12.8 Å². The van der Waals surface area contributed by atoms with Gasteiger partial charge >= 0.3 is 0 Å². The second-order valence-corrected chi connectivity index (χ2v) is 9.39. The Hall–Kier alpha value is -3.43. The Morgan fingerprint density at radius 1 is 1.00 bits per heavy atom. The minimum absolute atomic E-state index is 0.440. The molecule has 1 unspecified atom stereocenters. The number of nitrogens with one attached hydrogen (secondary N) is 1. The molecule has 1 aliphatic heterocycles. The van der Waals surface area contributed by atoms with Crippen molar-refractivity contribution in [2.75, 3.05) is 7.11 Å². The fraction of sp³-hybridized carbons (Fsp3) is 0.273. The quantitative estimate of drug-likeness (QED) is 0.400. The standard InChI is InChI=1S/C16H17NO.C15H14ClN.C2H6/c1-4-5-12-6-7-13-10-14(18-3)8-9-15(13)11(2)16(12)17;1-10-14-5-4-13(16)8-11(14)2-3-12-9-17-7-6-15(10)12;1-2/h4-5,8-10,17H,1-2,6-7H2,3H3;4-5,7-9,15H,1-3,6H2;1-2H3/b12-5-,17-16?;;. The third-order valence-electron chi connectivity index (χ3n) is 6.89. The lowest BCUT2D eigenvalue weighted by molar-refractivity contribution is 0.414. The highest BCUT2D eigenvalue weighted by atomic mass is 35.5. The normalized spacial score (nSPS) is 18.9. The fourth-order valence-corrected chi connectivity index (χ4v) is 5.13. The molecule has 0 saturated carbocycles. The number of nitrogens with zero attached hydrogens (tertiary/aromatic N) is 1. The fourth-order valence-electron chi connectivity index (χ4n) is 4.94. The third kappa shape index (κ3) is 6.47. The van der Waals surface area contributed by atoms with Gasteiger partial charge in [-0.15, -0.1) is 0 Å². The van der Waals surface area contributed by atoms with Crippen LogP contribution >= 0.6 is 11.6 Å². The second kappa shape index (κ2) is 13.2. The largest absolute Gasteiger partial charge is 0.497 e. The highest BCUT2D eigenvalue weighted by molar-refractivity contribution is 6.31. The summed E-state index contributed by atoms with van der Waals surface area (Å²) in [6.45, 7) is 16.0.